The van der Waals surface area contributed by atoms with Gasteiger partial charge in [-0.15, -0.1) is 0 Å². The topological polar surface area (TPSA) is 59.0 Å². The van der Waals surface area contributed by atoms with Gasteiger partial charge in [-0.1, -0.05) is 6.07 Å². The van der Waals surface area contributed by atoms with E-state index in [0.29, 0.717) is 11.1 Å². The zero-order valence-electron chi connectivity index (χ0n) is 11.5. The van der Waals surface area contributed by atoms with E-state index in [0.717, 1.165) is 18.6 Å². The number of rotatable bonds is 3. The van der Waals surface area contributed by atoms with Crippen molar-refractivity contribution in [1.29, 1.82) is 5.26 Å². The molecule has 2 aromatic carbocycles. The van der Waals surface area contributed by atoms with Crippen molar-refractivity contribution in [2.45, 2.75) is 25.5 Å². The maximum atomic E-state index is 13.3. The molecule has 0 unspecified atom stereocenters. The van der Waals surface area contributed by atoms with Gasteiger partial charge in [0.1, 0.15) is 18.2 Å². The van der Waals surface area contributed by atoms with Crippen LogP contribution in [0.3, 0.4) is 0 Å². The van der Waals surface area contributed by atoms with Gasteiger partial charge in [-0.25, -0.2) is 4.39 Å². The summed E-state index contributed by atoms with van der Waals surface area (Å²) in [5.41, 5.74) is 9.36. The largest absolute Gasteiger partial charge is 0.489 e. The van der Waals surface area contributed by atoms with Crippen LogP contribution in [0.5, 0.6) is 5.75 Å². The van der Waals surface area contributed by atoms with E-state index < -0.39 is 0 Å². The zero-order chi connectivity index (χ0) is 14.8. The molecule has 0 fully saturated rings. The molecule has 3 nitrogen and oxygen atoms in total. The highest BCUT2D eigenvalue weighted by Crippen LogP contribution is 2.32. The summed E-state index contributed by atoms with van der Waals surface area (Å²) in [5, 5.41) is 9.02. The fourth-order valence-electron chi connectivity index (χ4n) is 2.67. The minimum atomic E-state index is -0.368. The molecule has 0 aromatic heterocycles. The molecule has 0 saturated carbocycles. The Bertz CT molecular complexity index is 721. The molecule has 0 bridgehead atoms. The molecule has 1 atom stereocenters. The Morgan fingerprint density at radius 3 is 2.95 bits per heavy atom. The molecule has 1 aliphatic carbocycles. The van der Waals surface area contributed by atoms with E-state index in [4.69, 9.17) is 15.7 Å². The first-order valence-electron chi connectivity index (χ1n) is 6.87. The molecule has 21 heavy (non-hydrogen) atoms. The molecule has 0 aliphatic heterocycles. The van der Waals surface area contributed by atoms with Gasteiger partial charge in [0.25, 0.3) is 0 Å². The molecule has 0 radical (unpaired) electrons. The first kappa shape index (κ1) is 13.6. The lowest BCUT2D eigenvalue weighted by Gasteiger charge is -2.10. The minimum Gasteiger partial charge on any atom is -0.489 e. The summed E-state index contributed by atoms with van der Waals surface area (Å²) in [4.78, 5) is 0. The number of fused-ring (bicyclic) bond motifs is 1. The average molecular weight is 282 g/mol. The van der Waals surface area contributed by atoms with Crippen LogP contribution in [-0.4, -0.2) is 0 Å². The van der Waals surface area contributed by atoms with Crippen molar-refractivity contribution < 1.29 is 9.13 Å². The first-order valence-corrected chi connectivity index (χ1v) is 6.87. The monoisotopic (exact) mass is 282 g/mol. The van der Waals surface area contributed by atoms with Gasteiger partial charge in [0.05, 0.1) is 11.6 Å². The third-order valence-corrected chi connectivity index (χ3v) is 3.82. The van der Waals surface area contributed by atoms with Gasteiger partial charge in [-0.05, 0) is 54.3 Å². The van der Waals surface area contributed by atoms with Crippen LogP contribution in [0.4, 0.5) is 4.39 Å². The second kappa shape index (κ2) is 5.55. The predicted molar refractivity (Wildman–Crippen MR) is 77.1 cm³/mol. The Hall–Kier alpha value is -2.38. The highest BCUT2D eigenvalue weighted by molar-refractivity contribution is 5.41. The van der Waals surface area contributed by atoms with Gasteiger partial charge in [0, 0.05) is 11.6 Å². The highest BCUT2D eigenvalue weighted by Gasteiger charge is 2.19. The van der Waals surface area contributed by atoms with Crippen LogP contribution in [0.15, 0.2) is 36.4 Å². The van der Waals surface area contributed by atoms with Crippen LogP contribution < -0.4 is 10.5 Å². The third-order valence-electron chi connectivity index (χ3n) is 3.82. The van der Waals surface area contributed by atoms with Crippen molar-refractivity contribution in [3.8, 4) is 11.8 Å². The number of ether oxygens (including phenoxy) is 1. The molecule has 2 aromatic rings. The molecule has 0 amide bonds. The quantitative estimate of drug-likeness (QED) is 0.940. The summed E-state index contributed by atoms with van der Waals surface area (Å²) in [6.45, 7) is 0.172. The molecule has 106 valence electrons. The van der Waals surface area contributed by atoms with Gasteiger partial charge < -0.3 is 10.5 Å². The van der Waals surface area contributed by atoms with Crippen LogP contribution in [0.2, 0.25) is 0 Å². The number of halogens is 1. The van der Waals surface area contributed by atoms with Crippen LogP contribution in [0.25, 0.3) is 0 Å². The summed E-state index contributed by atoms with van der Waals surface area (Å²) in [5.74, 6) is 0.350. The molecular formula is C17H15FN2O. The van der Waals surface area contributed by atoms with Gasteiger partial charge in [-0.2, -0.15) is 5.26 Å². The van der Waals surface area contributed by atoms with E-state index in [9.17, 15) is 4.39 Å². The van der Waals surface area contributed by atoms with Crippen molar-refractivity contribution in [1.82, 2.24) is 0 Å². The summed E-state index contributed by atoms with van der Waals surface area (Å²) in [7, 11) is 0. The normalized spacial score (nSPS) is 16.3. The van der Waals surface area contributed by atoms with E-state index >= 15 is 0 Å². The Kier molecular flexibility index (Phi) is 3.59. The Labute approximate surface area is 122 Å². The van der Waals surface area contributed by atoms with Crippen molar-refractivity contribution in [2.24, 2.45) is 5.73 Å². The number of aryl methyl sites for hydroxylation is 1. The maximum Gasteiger partial charge on any atom is 0.123 e. The lowest BCUT2D eigenvalue weighted by atomic mass is 10.1. The number of benzene rings is 2. The molecule has 3 rings (SSSR count). The van der Waals surface area contributed by atoms with Crippen molar-refractivity contribution in [2.75, 3.05) is 0 Å². The third kappa shape index (κ3) is 2.74. The molecule has 0 spiro atoms. The molecular weight excluding hydrogens is 267 g/mol. The average Bonchev–Trinajstić information content (AvgIpc) is 2.86. The van der Waals surface area contributed by atoms with Crippen LogP contribution in [0.1, 0.15) is 34.7 Å². The lowest BCUT2D eigenvalue weighted by Crippen LogP contribution is -2.05. The van der Waals surface area contributed by atoms with Gasteiger partial charge >= 0.3 is 0 Å². The van der Waals surface area contributed by atoms with E-state index in [1.165, 1.54) is 29.3 Å². The fourth-order valence-corrected chi connectivity index (χ4v) is 2.67. The second-order valence-electron chi connectivity index (χ2n) is 5.21. The van der Waals surface area contributed by atoms with Crippen LogP contribution in [-0.2, 0) is 13.0 Å². The number of nitriles is 1. The van der Waals surface area contributed by atoms with Gasteiger partial charge in [-0.3, -0.25) is 0 Å². The van der Waals surface area contributed by atoms with E-state index in [-0.39, 0.29) is 18.5 Å². The minimum absolute atomic E-state index is 0.113. The molecule has 2 N–H and O–H groups in total. The Morgan fingerprint density at radius 2 is 2.14 bits per heavy atom. The zero-order valence-corrected chi connectivity index (χ0v) is 11.5. The second-order valence-corrected chi connectivity index (χ2v) is 5.21. The standard InChI is InChI=1S/C17H15FN2O/c18-14-3-1-12(9-19)13(7-14)10-21-15-4-5-16-11(8-15)2-6-17(16)20/h1,3-5,7-8,17H,2,6,10,20H2/t17-/m0/s1. The SMILES string of the molecule is N#Cc1ccc(F)cc1COc1ccc2c(c1)CC[C@@H]2N. The van der Waals surface area contributed by atoms with Crippen molar-refractivity contribution >= 4 is 0 Å². The summed E-state index contributed by atoms with van der Waals surface area (Å²) < 4.78 is 18.9. The van der Waals surface area contributed by atoms with Crippen LogP contribution >= 0.6 is 0 Å². The molecule has 1 aliphatic rings. The van der Waals surface area contributed by atoms with E-state index in [1.54, 1.807) is 0 Å². The summed E-state index contributed by atoms with van der Waals surface area (Å²) in [6, 6.07) is 12.1. The van der Waals surface area contributed by atoms with E-state index in [2.05, 4.69) is 0 Å². The molecule has 0 saturated heterocycles. The molecule has 0 heterocycles. The lowest BCUT2D eigenvalue weighted by molar-refractivity contribution is 0.305. The highest BCUT2D eigenvalue weighted by atomic mass is 19.1. The number of nitrogens with two attached hydrogens (primary N) is 1. The number of nitrogens with zero attached hydrogens (tertiary/aromatic N) is 1. The first-order chi connectivity index (χ1) is 10.2. The summed E-state index contributed by atoms with van der Waals surface area (Å²) >= 11 is 0. The Morgan fingerprint density at radius 1 is 1.29 bits per heavy atom. The van der Waals surface area contributed by atoms with Gasteiger partial charge in [0.15, 0.2) is 0 Å². The fraction of sp³-hybridized carbons (Fsp3) is 0.235. The van der Waals surface area contributed by atoms with Gasteiger partial charge in [0.2, 0.25) is 0 Å². The van der Waals surface area contributed by atoms with E-state index in [1.807, 2.05) is 24.3 Å². The summed E-state index contributed by atoms with van der Waals surface area (Å²) in [6.07, 6.45) is 1.92. The van der Waals surface area contributed by atoms with Crippen LogP contribution in [0, 0.1) is 17.1 Å². The maximum absolute atomic E-state index is 13.3. The molecule has 4 heteroatoms. The predicted octanol–water partition coefficient (Wildman–Crippen LogP) is 3.22. The van der Waals surface area contributed by atoms with Crippen molar-refractivity contribution in [3.05, 3.63) is 64.5 Å². The smallest absolute Gasteiger partial charge is 0.123 e. The van der Waals surface area contributed by atoms with Crippen molar-refractivity contribution in [3.63, 3.8) is 0 Å². The Balaban J connectivity index is 1.77. The number of hydrogen-bond donors (Lipinski definition) is 1. The number of hydrogen-bond acceptors (Lipinski definition) is 3.